The van der Waals surface area contributed by atoms with Crippen molar-refractivity contribution in [1.82, 2.24) is 0 Å². The smallest absolute Gasteiger partial charge is 0.341 e. The number of nitro benzene ring substituents is 1. The van der Waals surface area contributed by atoms with Gasteiger partial charge in [0, 0.05) is 35.1 Å². The first-order valence-electron chi connectivity index (χ1n) is 8.18. The number of aliphatic hydroxyl groups is 1. The molecular formula is C18H18ClN3O6. The van der Waals surface area contributed by atoms with Crippen LogP contribution >= 0.6 is 11.6 Å². The number of rotatable bonds is 8. The second-order valence-electron chi connectivity index (χ2n) is 5.72. The van der Waals surface area contributed by atoms with Crippen LogP contribution in [0.5, 0.6) is 0 Å². The largest absolute Gasteiger partial charge is 0.452 e. The van der Waals surface area contributed by atoms with E-state index in [0.29, 0.717) is 10.7 Å². The van der Waals surface area contributed by atoms with Gasteiger partial charge in [-0.1, -0.05) is 17.7 Å². The van der Waals surface area contributed by atoms with Gasteiger partial charge in [0.1, 0.15) is 0 Å². The number of amides is 1. The van der Waals surface area contributed by atoms with Gasteiger partial charge in [-0.25, -0.2) is 4.79 Å². The van der Waals surface area contributed by atoms with Crippen LogP contribution in [0.3, 0.4) is 0 Å². The normalized spacial score (nSPS) is 10.2. The van der Waals surface area contributed by atoms with Gasteiger partial charge in [-0.15, -0.1) is 0 Å². The lowest BCUT2D eigenvalue weighted by atomic mass is 10.1. The summed E-state index contributed by atoms with van der Waals surface area (Å²) in [5, 5.41) is 25.6. The number of ether oxygens (including phenoxy) is 1. The number of aryl methyl sites for hydroxylation is 1. The molecule has 0 radical (unpaired) electrons. The third-order valence-electron chi connectivity index (χ3n) is 3.67. The average Bonchev–Trinajstić information content (AvgIpc) is 2.67. The molecule has 0 spiro atoms. The Kier molecular flexibility index (Phi) is 7.30. The fourth-order valence-electron chi connectivity index (χ4n) is 2.28. The lowest BCUT2D eigenvalue weighted by Crippen LogP contribution is -2.22. The van der Waals surface area contributed by atoms with E-state index in [1.165, 1.54) is 12.1 Å². The molecule has 0 saturated carbocycles. The summed E-state index contributed by atoms with van der Waals surface area (Å²) in [4.78, 5) is 34.7. The van der Waals surface area contributed by atoms with Crippen molar-refractivity contribution in [1.29, 1.82) is 0 Å². The van der Waals surface area contributed by atoms with Crippen molar-refractivity contribution in [2.24, 2.45) is 0 Å². The van der Waals surface area contributed by atoms with Crippen molar-refractivity contribution < 1.29 is 24.4 Å². The van der Waals surface area contributed by atoms with Crippen molar-refractivity contribution >= 4 is 40.5 Å². The minimum Gasteiger partial charge on any atom is -0.452 e. The number of nitro groups is 1. The molecule has 2 rings (SSSR count). The van der Waals surface area contributed by atoms with Gasteiger partial charge in [0.15, 0.2) is 6.61 Å². The van der Waals surface area contributed by atoms with Gasteiger partial charge in [0.05, 0.1) is 17.1 Å². The summed E-state index contributed by atoms with van der Waals surface area (Å²) in [7, 11) is 0. The average molecular weight is 408 g/mol. The number of hydrogen-bond acceptors (Lipinski definition) is 7. The Labute approximate surface area is 165 Å². The van der Waals surface area contributed by atoms with Crippen molar-refractivity contribution in [3.63, 3.8) is 0 Å². The number of carbonyl (C=O) groups is 2. The molecule has 9 nitrogen and oxygen atoms in total. The summed E-state index contributed by atoms with van der Waals surface area (Å²) < 4.78 is 4.98. The van der Waals surface area contributed by atoms with Gasteiger partial charge in [-0.05, 0) is 30.7 Å². The molecule has 0 fully saturated rings. The molecule has 2 aromatic rings. The predicted octanol–water partition coefficient (Wildman–Crippen LogP) is 2.76. The molecule has 3 N–H and O–H groups in total. The van der Waals surface area contributed by atoms with Crippen LogP contribution in [0, 0.1) is 17.0 Å². The zero-order valence-electron chi connectivity index (χ0n) is 14.9. The maximum Gasteiger partial charge on any atom is 0.341 e. The molecule has 0 bridgehead atoms. The first-order chi connectivity index (χ1) is 13.3. The highest BCUT2D eigenvalue weighted by molar-refractivity contribution is 6.31. The number of non-ortho nitro benzene ring substituents is 1. The van der Waals surface area contributed by atoms with E-state index >= 15 is 0 Å². The van der Waals surface area contributed by atoms with Crippen LogP contribution in [0.1, 0.15) is 15.9 Å². The number of aliphatic hydroxyl groups excluding tert-OH is 1. The Hall–Kier alpha value is -3.17. The molecule has 148 valence electrons. The highest BCUT2D eigenvalue weighted by Crippen LogP contribution is 2.23. The van der Waals surface area contributed by atoms with Gasteiger partial charge in [0.25, 0.3) is 11.6 Å². The van der Waals surface area contributed by atoms with E-state index in [1.54, 1.807) is 25.1 Å². The van der Waals surface area contributed by atoms with Crippen molar-refractivity contribution in [3.8, 4) is 0 Å². The van der Waals surface area contributed by atoms with Crippen LogP contribution in [0.25, 0.3) is 0 Å². The Morgan fingerprint density at radius 3 is 2.64 bits per heavy atom. The Morgan fingerprint density at radius 1 is 1.21 bits per heavy atom. The van der Waals surface area contributed by atoms with Crippen LogP contribution in [-0.4, -0.2) is 41.7 Å². The molecule has 2 aromatic carbocycles. The lowest BCUT2D eigenvalue weighted by molar-refractivity contribution is -0.384. The van der Waals surface area contributed by atoms with Crippen molar-refractivity contribution in [2.75, 3.05) is 30.4 Å². The van der Waals surface area contributed by atoms with Gasteiger partial charge < -0.3 is 20.5 Å². The quantitative estimate of drug-likeness (QED) is 0.348. The van der Waals surface area contributed by atoms with E-state index < -0.39 is 23.4 Å². The van der Waals surface area contributed by atoms with Gasteiger partial charge in [-0.2, -0.15) is 0 Å². The number of halogens is 1. The molecule has 0 aliphatic heterocycles. The molecule has 0 aliphatic rings. The molecule has 28 heavy (non-hydrogen) atoms. The number of anilines is 2. The first-order valence-corrected chi connectivity index (χ1v) is 8.56. The van der Waals surface area contributed by atoms with E-state index in [0.717, 1.165) is 11.6 Å². The van der Waals surface area contributed by atoms with Crippen LogP contribution < -0.4 is 10.6 Å². The summed E-state index contributed by atoms with van der Waals surface area (Å²) in [5.41, 5.74) is 1.08. The maximum atomic E-state index is 12.3. The topological polar surface area (TPSA) is 131 Å². The number of esters is 1. The molecule has 0 saturated heterocycles. The molecule has 0 aliphatic carbocycles. The summed E-state index contributed by atoms with van der Waals surface area (Å²) >= 11 is 5.89. The fourth-order valence-corrected chi connectivity index (χ4v) is 2.46. The third kappa shape index (κ3) is 5.66. The minimum atomic E-state index is -0.915. The SMILES string of the molecule is Cc1ccc(Cl)cc1NC(=O)COC(=O)c1cc([N+](=O)[O-])ccc1NCCO. The number of hydrogen-bond donors (Lipinski definition) is 3. The van der Waals surface area contributed by atoms with E-state index in [9.17, 15) is 19.7 Å². The molecule has 0 aromatic heterocycles. The lowest BCUT2D eigenvalue weighted by Gasteiger charge is -2.12. The number of nitrogens with zero attached hydrogens (tertiary/aromatic N) is 1. The summed E-state index contributed by atoms with van der Waals surface area (Å²) in [6.07, 6.45) is 0. The van der Waals surface area contributed by atoms with Crippen LogP contribution in [0.4, 0.5) is 17.1 Å². The Morgan fingerprint density at radius 2 is 1.96 bits per heavy atom. The number of nitrogens with one attached hydrogen (secondary N) is 2. The predicted molar refractivity (Wildman–Crippen MR) is 104 cm³/mol. The van der Waals surface area contributed by atoms with Crippen molar-refractivity contribution in [3.05, 3.63) is 62.7 Å². The fraction of sp³-hybridized carbons (Fsp3) is 0.222. The number of carbonyl (C=O) groups excluding carboxylic acids is 2. The Bertz CT molecular complexity index is 903. The molecule has 0 atom stereocenters. The minimum absolute atomic E-state index is 0.116. The Balaban J connectivity index is 2.08. The van der Waals surface area contributed by atoms with Crippen LogP contribution in [-0.2, 0) is 9.53 Å². The van der Waals surface area contributed by atoms with E-state index in [2.05, 4.69) is 10.6 Å². The summed E-state index contributed by atoms with van der Waals surface area (Å²) in [6, 6.07) is 8.56. The first kappa shape index (κ1) is 21.1. The van der Waals surface area contributed by atoms with E-state index in [1.807, 2.05) is 0 Å². The molecular weight excluding hydrogens is 390 g/mol. The number of benzene rings is 2. The van der Waals surface area contributed by atoms with Gasteiger partial charge in [-0.3, -0.25) is 14.9 Å². The van der Waals surface area contributed by atoms with Crippen LogP contribution in [0.2, 0.25) is 5.02 Å². The van der Waals surface area contributed by atoms with E-state index in [-0.39, 0.29) is 30.1 Å². The van der Waals surface area contributed by atoms with Gasteiger partial charge >= 0.3 is 5.97 Å². The summed E-state index contributed by atoms with van der Waals surface area (Å²) in [5.74, 6) is -1.50. The van der Waals surface area contributed by atoms with Crippen LogP contribution in [0.15, 0.2) is 36.4 Å². The monoisotopic (exact) mass is 407 g/mol. The maximum absolute atomic E-state index is 12.3. The molecule has 0 heterocycles. The zero-order chi connectivity index (χ0) is 20.7. The van der Waals surface area contributed by atoms with Crippen molar-refractivity contribution in [2.45, 2.75) is 6.92 Å². The van der Waals surface area contributed by atoms with E-state index in [4.69, 9.17) is 21.4 Å². The van der Waals surface area contributed by atoms with Gasteiger partial charge in [0.2, 0.25) is 0 Å². The third-order valence-corrected chi connectivity index (χ3v) is 3.90. The highest BCUT2D eigenvalue weighted by Gasteiger charge is 2.19. The molecule has 10 heteroatoms. The zero-order valence-corrected chi connectivity index (χ0v) is 15.7. The second kappa shape index (κ2) is 9.67. The summed E-state index contributed by atoms with van der Waals surface area (Å²) in [6.45, 7) is 1.12. The molecule has 0 unspecified atom stereocenters. The highest BCUT2D eigenvalue weighted by atomic mass is 35.5. The standard InChI is InChI=1S/C18H18ClN3O6/c1-11-2-3-12(19)8-16(11)21-17(24)10-28-18(25)14-9-13(22(26)27)4-5-15(14)20-6-7-23/h2-5,8-9,20,23H,6-7,10H2,1H3,(H,21,24). The second-order valence-corrected chi connectivity index (χ2v) is 6.16. The molecule has 1 amide bonds.